The van der Waals surface area contributed by atoms with Gasteiger partial charge in [-0.2, -0.15) is 0 Å². The van der Waals surface area contributed by atoms with Crippen LogP contribution < -0.4 is 4.74 Å². The topological polar surface area (TPSA) is 49.7 Å². The molecule has 3 aromatic rings. The molecule has 2 N–H and O–H groups in total. The lowest BCUT2D eigenvalue weighted by Crippen LogP contribution is -1.78. The summed E-state index contributed by atoms with van der Waals surface area (Å²) in [5, 5.41) is 17.6. The maximum atomic E-state index is 8.92. The molecule has 0 spiro atoms. The van der Waals surface area contributed by atoms with Crippen LogP contribution in [-0.2, 0) is 0 Å². The number of methoxy groups -OCH3 is 1. The standard InChI is InChI=1S/2C7H8O.C6H6O/c1-8-7-5-3-2-4-6-7;1-6-4-2-3-5-7(6)8;7-6-4-2-1-3-5-6/h2-6H,1H3;2-5,8H,1H3;1-5,7H. The highest BCUT2D eigenvalue weighted by Gasteiger charge is 1.87. The Balaban J connectivity index is 0.000000173. The monoisotopic (exact) mass is 310 g/mol. The van der Waals surface area contributed by atoms with Gasteiger partial charge in [0.15, 0.2) is 0 Å². The second kappa shape index (κ2) is 10.7. The Kier molecular flexibility index (Phi) is 8.46. The van der Waals surface area contributed by atoms with Crippen LogP contribution in [0.5, 0.6) is 17.2 Å². The Morgan fingerprint density at radius 2 is 1.13 bits per heavy atom. The number of ether oxygens (including phenoxy) is 1. The van der Waals surface area contributed by atoms with Crippen LogP contribution >= 0.6 is 0 Å². The predicted molar refractivity (Wildman–Crippen MR) is 93.9 cm³/mol. The lowest BCUT2D eigenvalue weighted by molar-refractivity contribution is 0.415. The Morgan fingerprint density at radius 3 is 1.43 bits per heavy atom. The molecule has 0 amide bonds. The summed E-state index contributed by atoms with van der Waals surface area (Å²) in [6, 6.07) is 25.6. The molecule has 0 fully saturated rings. The summed E-state index contributed by atoms with van der Waals surface area (Å²) in [5.41, 5.74) is 0.924. The lowest BCUT2D eigenvalue weighted by Gasteiger charge is -1.93. The minimum absolute atomic E-state index is 0.322. The molecule has 0 aromatic heterocycles. The Bertz CT molecular complexity index is 631. The van der Waals surface area contributed by atoms with Crippen molar-refractivity contribution in [2.24, 2.45) is 0 Å². The molecule has 120 valence electrons. The van der Waals surface area contributed by atoms with Crippen molar-refractivity contribution in [2.45, 2.75) is 6.92 Å². The van der Waals surface area contributed by atoms with E-state index in [1.54, 1.807) is 37.4 Å². The van der Waals surface area contributed by atoms with Crippen LogP contribution in [0.4, 0.5) is 0 Å². The molecule has 3 aromatic carbocycles. The van der Waals surface area contributed by atoms with Crippen molar-refractivity contribution in [1.82, 2.24) is 0 Å². The van der Waals surface area contributed by atoms with Crippen LogP contribution in [0.15, 0.2) is 84.9 Å². The highest BCUT2D eigenvalue weighted by Crippen LogP contribution is 2.12. The van der Waals surface area contributed by atoms with Crippen molar-refractivity contribution in [3.8, 4) is 17.2 Å². The number of benzene rings is 3. The van der Waals surface area contributed by atoms with Gasteiger partial charge in [0.2, 0.25) is 0 Å². The fourth-order valence-electron chi connectivity index (χ4n) is 1.55. The molecule has 0 unspecified atom stereocenters. The van der Waals surface area contributed by atoms with Crippen LogP contribution in [0.3, 0.4) is 0 Å². The first-order valence-electron chi connectivity index (χ1n) is 7.21. The van der Waals surface area contributed by atoms with Gasteiger partial charge < -0.3 is 14.9 Å². The van der Waals surface area contributed by atoms with Gasteiger partial charge in [0, 0.05) is 0 Å². The molecule has 0 aliphatic carbocycles. The van der Waals surface area contributed by atoms with E-state index in [9.17, 15) is 0 Å². The summed E-state index contributed by atoms with van der Waals surface area (Å²) < 4.78 is 4.91. The van der Waals surface area contributed by atoms with Gasteiger partial charge >= 0.3 is 0 Å². The van der Waals surface area contributed by atoms with Crippen molar-refractivity contribution >= 4 is 0 Å². The molecule has 0 saturated heterocycles. The average molecular weight is 310 g/mol. The van der Waals surface area contributed by atoms with Crippen LogP contribution in [0.25, 0.3) is 0 Å². The van der Waals surface area contributed by atoms with Crippen LogP contribution in [0.2, 0.25) is 0 Å². The predicted octanol–water partition coefficient (Wildman–Crippen LogP) is 4.79. The number of aromatic hydroxyl groups is 2. The number of hydrogen-bond donors (Lipinski definition) is 2. The number of phenolic OH excluding ortho intramolecular Hbond substituents is 2. The van der Waals surface area contributed by atoms with Crippen molar-refractivity contribution in [3.05, 3.63) is 90.5 Å². The average Bonchev–Trinajstić information content (AvgIpc) is 2.60. The van der Waals surface area contributed by atoms with E-state index in [2.05, 4.69) is 0 Å². The maximum absolute atomic E-state index is 8.92. The van der Waals surface area contributed by atoms with Crippen LogP contribution in [0, 0.1) is 6.92 Å². The zero-order valence-corrected chi connectivity index (χ0v) is 13.4. The molecule has 23 heavy (non-hydrogen) atoms. The van der Waals surface area contributed by atoms with Crippen molar-refractivity contribution in [1.29, 1.82) is 0 Å². The minimum Gasteiger partial charge on any atom is -0.508 e. The number of para-hydroxylation sites is 3. The summed E-state index contributed by atoms with van der Waals surface area (Å²) in [6.07, 6.45) is 0. The van der Waals surface area contributed by atoms with Gasteiger partial charge in [0.25, 0.3) is 0 Å². The largest absolute Gasteiger partial charge is 0.508 e. The highest BCUT2D eigenvalue weighted by atomic mass is 16.5. The van der Waals surface area contributed by atoms with Crippen molar-refractivity contribution in [2.75, 3.05) is 7.11 Å². The lowest BCUT2D eigenvalue weighted by atomic mass is 10.2. The van der Waals surface area contributed by atoms with Gasteiger partial charge in [-0.25, -0.2) is 0 Å². The van der Waals surface area contributed by atoms with E-state index in [4.69, 9.17) is 14.9 Å². The van der Waals surface area contributed by atoms with Gasteiger partial charge in [0.1, 0.15) is 17.2 Å². The van der Waals surface area contributed by atoms with E-state index in [1.165, 1.54) is 0 Å². The van der Waals surface area contributed by atoms with Crippen molar-refractivity contribution in [3.63, 3.8) is 0 Å². The molecule has 0 aliphatic rings. The zero-order valence-electron chi connectivity index (χ0n) is 13.4. The molecule has 3 rings (SSSR count). The van der Waals surface area contributed by atoms with Gasteiger partial charge in [-0.15, -0.1) is 0 Å². The molecule has 3 heteroatoms. The van der Waals surface area contributed by atoms with E-state index >= 15 is 0 Å². The SMILES string of the molecule is COc1ccccc1.Cc1ccccc1O.Oc1ccccc1. The third-order valence-electron chi connectivity index (χ3n) is 2.85. The Hall–Kier alpha value is -2.94. The van der Waals surface area contributed by atoms with Gasteiger partial charge in [0.05, 0.1) is 7.11 Å². The van der Waals surface area contributed by atoms with Crippen molar-refractivity contribution < 1.29 is 14.9 Å². The number of rotatable bonds is 1. The van der Waals surface area contributed by atoms with Gasteiger partial charge in [-0.1, -0.05) is 54.6 Å². The second-order valence-corrected chi connectivity index (χ2v) is 4.64. The smallest absolute Gasteiger partial charge is 0.118 e. The molecule has 0 heterocycles. The summed E-state index contributed by atoms with van der Waals surface area (Å²) in [7, 11) is 1.66. The van der Waals surface area contributed by atoms with E-state index < -0.39 is 0 Å². The first kappa shape index (κ1) is 18.1. The van der Waals surface area contributed by atoms with E-state index in [-0.39, 0.29) is 0 Å². The third kappa shape index (κ3) is 8.17. The number of hydrogen-bond acceptors (Lipinski definition) is 3. The normalized spacial score (nSPS) is 8.78. The molecule has 3 nitrogen and oxygen atoms in total. The molecule has 0 atom stereocenters. The third-order valence-corrected chi connectivity index (χ3v) is 2.85. The number of aryl methyl sites for hydroxylation is 1. The van der Waals surface area contributed by atoms with E-state index in [0.717, 1.165) is 11.3 Å². The highest BCUT2D eigenvalue weighted by molar-refractivity contribution is 5.29. The zero-order chi connectivity index (χ0) is 16.9. The van der Waals surface area contributed by atoms with Crippen LogP contribution in [-0.4, -0.2) is 17.3 Å². The second-order valence-electron chi connectivity index (χ2n) is 4.64. The first-order chi connectivity index (χ1) is 11.1. The fourth-order valence-corrected chi connectivity index (χ4v) is 1.55. The number of phenols is 2. The van der Waals surface area contributed by atoms with E-state index in [1.807, 2.05) is 61.5 Å². The maximum Gasteiger partial charge on any atom is 0.118 e. The minimum atomic E-state index is 0.322. The fraction of sp³-hybridized carbons (Fsp3) is 0.100. The summed E-state index contributed by atoms with van der Waals surface area (Å²) in [5.74, 6) is 1.60. The van der Waals surface area contributed by atoms with Gasteiger partial charge in [-0.05, 0) is 42.8 Å². The van der Waals surface area contributed by atoms with Gasteiger partial charge in [-0.3, -0.25) is 0 Å². The quantitative estimate of drug-likeness (QED) is 0.679. The summed E-state index contributed by atoms with van der Waals surface area (Å²) in [6.45, 7) is 1.87. The Morgan fingerprint density at radius 1 is 0.652 bits per heavy atom. The van der Waals surface area contributed by atoms with Crippen LogP contribution in [0.1, 0.15) is 5.56 Å². The molecular formula is C20H22O3. The molecule has 0 bridgehead atoms. The Labute approximate surface area is 137 Å². The molecule has 0 radical (unpaired) electrons. The molecule has 0 saturated carbocycles. The summed E-state index contributed by atoms with van der Waals surface area (Å²) >= 11 is 0. The van der Waals surface area contributed by atoms with E-state index in [0.29, 0.717) is 11.5 Å². The summed E-state index contributed by atoms with van der Waals surface area (Å²) in [4.78, 5) is 0. The molecule has 0 aliphatic heterocycles. The molecular weight excluding hydrogens is 288 g/mol. The first-order valence-corrected chi connectivity index (χ1v) is 7.21.